The van der Waals surface area contributed by atoms with Crippen molar-refractivity contribution >= 4 is 46.3 Å². The minimum Gasteiger partial charge on any atom is -0.480 e. The van der Waals surface area contributed by atoms with Gasteiger partial charge in [0.2, 0.25) is 0 Å². The maximum atomic E-state index is 12.9. The number of carboxylic acid groups (broad SMARTS) is 1. The number of carboxylic acids is 1. The van der Waals surface area contributed by atoms with Crippen LogP contribution in [0.15, 0.2) is 29.2 Å². The molecule has 116 valence electrons. The molecule has 1 aliphatic rings. The van der Waals surface area contributed by atoms with Gasteiger partial charge in [0.25, 0.3) is 5.91 Å². The van der Waals surface area contributed by atoms with Crippen LogP contribution in [0, 0.1) is 5.82 Å². The minimum absolute atomic E-state index is 0.235. The lowest BCUT2D eigenvalue weighted by molar-refractivity contribution is -0.145. The Kier molecular flexibility index (Phi) is 5.31. The third kappa shape index (κ3) is 3.53. The van der Waals surface area contributed by atoms with Crippen LogP contribution < -0.4 is 0 Å². The molecule has 0 aliphatic carbocycles. The summed E-state index contributed by atoms with van der Waals surface area (Å²) in [6.07, 6.45) is 2.56. The second kappa shape index (κ2) is 7.02. The standard InChI is InChI=1S/C15H14FNO3S2/c1-2-3-11(14(19)20)17-13(18)12(22-15(17)21)8-9-4-6-10(16)7-5-9/h4-8,11H,2-3H2,1H3,(H,19,20)/b12-8-/t11-/m0/s1. The van der Waals surface area contributed by atoms with Crippen LogP contribution in [0.25, 0.3) is 6.08 Å². The Bertz CT molecular complexity index is 643. The maximum absolute atomic E-state index is 12.9. The van der Waals surface area contributed by atoms with E-state index in [0.717, 1.165) is 16.7 Å². The smallest absolute Gasteiger partial charge is 0.326 e. The van der Waals surface area contributed by atoms with Gasteiger partial charge in [0.1, 0.15) is 16.2 Å². The van der Waals surface area contributed by atoms with E-state index < -0.39 is 17.9 Å². The molecule has 1 atom stereocenters. The summed E-state index contributed by atoms with van der Waals surface area (Å²) in [5.41, 5.74) is 0.657. The number of carbonyl (C=O) groups excluding carboxylic acids is 1. The van der Waals surface area contributed by atoms with Crippen LogP contribution in [0.2, 0.25) is 0 Å². The molecule has 1 aromatic carbocycles. The van der Waals surface area contributed by atoms with Crippen molar-refractivity contribution in [2.24, 2.45) is 0 Å². The fraction of sp³-hybridized carbons (Fsp3) is 0.267. The van der Waals surface area contributed by atoms with E-state index in [1.807, 2.05) is 6.92 Å². The number of thioether (sulfide) groups is 1. The van der Waals surface area contributed by atoms with Crippen LogP contribution in [0.5, 0.6) is 0 Å². The van der Waals surface area contributed by atoms with Gasteiger partial charge >= 0.3 is 5.97 Å². The van der Waals surface area contributed by atoms with Crippen molar-refractivity contribution in [1.82, 2.24) is 4.90 Å². The molecule has 1 amide bonds. The molecule has 0 spiro atoms. The zero-order valence-electron chi connectivity index (χ0n) is 11.8. The van der Waals surface area contributed by atoms with Crippen molar-refractivity contribution < 1.29 is 19.1 Å². The SMILES string of the molecule is CCC[C@@H](C(=O)O)N1C(=O)/C(=C/c2ccc(F)cc2)SC1=S. The van der Waals surface area contributed by atoms with Gasteiger partial charge in [-0.1, -0.05) is 49.5 Å². The third-order valence-electron chi connectivity index (χ3n) is 3.15. The number of nitrogens with zero attached hydrogens (tertiary/aromatic N) is 1. The highest BCUT2D eigenvalue weighted by Gasteiger charge is 2.39. The van der Waals surface area contributed by atoms with Crippen LogP contribution in [0.1, 0.15) is 25.3 Å². The first-order chi connectivity index (χ1) is 10.4. The summed E-state index contributed by atoms with van der Waals surface area (Å²) in [5.74, 6) is -1.85. The summed E-state index contributed by atoms with van der Waals surface area (Å²) in [6.45, 7) is 1.85. The van der Waals surface area contributed by atoms with E-state index in [-0.39, 0.29) is 10.1 Å². The minimum atomic E-state index is -1.07. The molecule has 1 heterocycles. The Morgan fingerprint density at radius 3 is 2.64 bits per heavy atom. The normalized spacial score (nSPS) is 18.1. The first kappa shape index (κ1) is 16.6. The first-order valence-electron chi connectivity index (χ1n) is 6.69. The number of aliphatic carboxylic acids is 1. The van der Waals surface area contributed by atoms with Gasteiger partial charge in [-0.15, -0.1) is 0 Å². The number of hydrogen-bond acceptors (Lipinski definition) is 4. The molecule has 0 radical (unpaired) electrons. The molecule has 2 rings (SSSR count). The van der Waals surface area contributed by atoms with Crippen molar-refractivity contribution in [2.75, 3.05) is 0 Å². The molecule has 1 fully saturated rings. The van der Waals surface area contributed by atoms with Gasteiger partial charge in [-0.2, -0.15) is 0 Å². The zero-order valence-corrected chi connectivity index (χ0v) is 13.4. The molecular formula is C15H14FNO3S2. The summed E-state index contributed by atoms with van der Waals surface area (Å²) in [7, 11) is 0. The van der Waals surface area contributed by atoms with Crippen LogP contribution in [0.3, 0.4) is 0 Å². The Balaban J connectivity index is 2.27. The van der Waals surface area contributed by atoms with Gasteiger partial charge in [0, 0.05) is 0 Å². The molecular weight excluding hydrogens is 325 g/mol. The van der Waals surface area contributed by atoms with E-state index in [9.17, 15) is 19.1 Å². The average Bonchev–Trinajstić information content (AvgIpc) is 2.73. The summed E-state index contributed by atoms with van der Waals surface area (Å²) < 4.78 is 13.1. The van der Waals surface area contributed by atoms with Crippen molar-refractivity contribution in [3.05, 3.63) is 40.6 Å². The number of hydrogen-bond donors (Lipinski definition) is 1. The molecule has 1 aromatic rings. The number of benzene rings is 1. The van der Waals surface area contributed by atoms with E-state index in [1.54, 1.807) is 18.2 Å². The van der Waals surface area contributed by atoms with E-state index in [1.165, 1.54) is 12.1 Å². The highest BCUT2D eigenvalue weighted by molar-refractivity contribution is 8.26. The number of thiocarbonyl (C=S) groups is 1. The second-order valence-electron chi connectivity index (χ2n) is 4.75. The molecule has 4 nitrogen and oxygen atoms in total. The molecule has 22 heavy (non-hydrogen) atoms. The second-order valence-corrected chi connectivity index (χ2v) is 6.42. The van der Waals surface area contributed by atoms with Crippen molar-refractivity contribution in [3.8, 4) is 0 Å². The van der Waals surface area contributed by atoms with Crippen molar-refractivity contribution in [2.45, 2.75) is 25.8 Å². The largest absolute Gasteiger partial charge is 0.480 e. The van der Waals surface area contributed by atoms with E-state index >= 15 is 0 Å². The van der Waals surface area contributed by atoms with E-state index in [0.29, 0.717) is 23.3 Å². The Morgan fingerprint density at radius 1 is 1.45 bits per heavy atom. The maximum Gasteiger partial charge on any atom is 0.326 e. The predicted octanol–water partition coefficient (Wildman–Crippen LogP) is 3.28. The molecule has 1 saturated heterocycles. The fourth-order valence-corrected chi connectivity index (χ4v) is 3.45. The van der Waals surface area contributed by atoms with Crippen LogP contribution in [0.4, 0.5) is 4.39 Å². The zero-order chi connectivity index (χ0) is 16.3. The number of rotatable bonds is 5. The summed E-state index contributed by atoms with van der Waals surface area (Å²) in [4.78, 5) is 25.3. The quantitative estimate of drug-likeness (QED) is 0.659. The molecule has 1 N–H and O–H groups in total. The molecule has 0 saturated carbocycles. The van der Waals surface area contributed by atoms with Gasteiger partial charge < -0.3 is 5.11 Å². The van der Waals surface area contributed by atoms with Crippen LogP contribution >= 0.6 is 24.0 Å². The predicted molar refractivity (Wildman–Crippen MR) is 87.7 cm³/mol. The lowest BCUT2D eigenvalue weighted by atomic mass is 10.1. The van der Waals surface area contributed by atoms with Gasteiger partial charge in [-0.3, -0.25) is 9.69 Å². The Hall–Kier alpha value is -1.73. The number of halogens is 1. The van der Waals surface area contributed by atoms with Crippen molar-refractivity contribution in [1.29, 1.82) is 0 Å². The van der Waals surface area contributed by atoms with E-state index in [2.05, 4.69) is 0 Å². The fourth-order valence-electron chi connectivity index (χ4n) is 2.10. The van der Waals surface area contributed by atoms with Gasteiger partial charge in [-0.05, 0) is 30.2 Å². The molecule has 1 aliphatic heterocycles. The Morgan fingerprint density at radius 2 is 2.09 bits per heavy atom. The van der Waals surface area contributed by atoms with Gasteiger partial charge in [0.05, 0.1) is 4.91 Å². The van der Waals surface area contributed by atoms with Gasteiger partial charge in [0.15, 0.2) is 0 Å². The topological polar surface area (TPSA) is 57.6 Å². The molecule has 0 unspecified atom stereocenters. The van der Waals surface area contributed by atoms with Crippen LogP contribution in [-0.2, 0) is 9.59 Å². The highest BCUT2D eigenvalue weighted by atomic mass is 32.2. The molecule has 0 bridgehead atoms. The monoisotopic (exact) mass is 339 g/mol. The molecule has 0 aromatic heterocycles. The first-order valence-corrected chi connectivity index (χ1v) is 7.92. The number of amides is 1. The molecule has 7 heteroatoms. The average molecular weight is 339 g/mol. The number of carbonyl (C=O) groups is 2. The summed E-state index contributed by atoms with van der Waals surface area (Å²) >= 11 is 6.21. The Labute approximate surface area is 137 Å². The summed E-state index contributed by atoms with van der Waals surface area (Å²) in [5, 5.41) is 9.28. The van der Waals surface area contributed by atoms with E-state index in [4.69, 9.17) is 12.2 Å². The van der Waals surface area contributed by atoms with Gasteiger partial charge in [-0.25, -0.2) is 9.18 Å². The summed E-state index contributed by atoms with van der Waals surface area (Å²) in [6, 6.07) is 4.73. The lowest BCUT2D eigenvalue weighted by Gasteiger charge is -2.22. The lowest BCUT2D eigenvalue weighted by Crippen LogP contribution is -2.43. The van der Waals surface area contributed by atoms with Crippen molar-refractivity contribution in [3.63, 3.8) is 0 Å². The third-order valence-corrected chi connectivity index (χ3v) is 4.48. The highest BCUT2D eigenvalue weighted by Crippen LogP contribution is 2.34. The van der Waals surface area contributed by atoms with Crippen LogP contribution in [-0.4, -0.2) is 32.2 Å².